The molecule has 6 nitrogen and oxygen atoms in total. The van der Waals surface area contributed by atoms with E-state index in [9.17, 15) is 9.65 Å². The Kier molecular flexibility index (Phi) is 2.42. The summed E-state index contributed by atoms with van der Waals surface area (Å²) in [5.74, 6) is 0.340. The lowest BCUT2D eigenvalue weighted by molar-refractivity contribution is 0.626. The van der Waals surface area contributed by atoms with Crippen LogP contribution in [0.15, 0.2) is 36.2 Å². The zero-order chi connectivity index (χ0) is 13.4. The third-order valence-corrected chi connectivity index (χ3v) is 2.94. The molecule has 1 aliphatic heterocycles. The number of halogens is 1. The van der Waals surface area contributed by atoms with Gasteiger partial charge in [-0.25, -0.2) is 4.39 Å². The summed E-state index contributed by atoms with van der Waals surface area (Å²) in [6.45, 7) is 0. The van der Waals surface area contributed by atoms with E-state index in [-0.39, 0.29) is 11.6 Å². The molecule has 1 aromatic heterocycles. The van der Waals surface area contributed by atoms with E-state index in [0.29, 0.717) is 11.5 Å². The highest BCUT2D eigenvalue weighted by Gasteiger charge is 2.28. The van der Waals surface area contributed by atoms with Gasteiger partial charge >= 0.3 is 0 Å². The molecule has 94 valence electrons. The van der Waals surface area contributed by atoms with Gasteiger partial charge in [-0.3, -0.25) is 0 Å². The normalized spacial score (nSPS) is 17.6. The van der Waals surface area contributed by atoms with Gasteiger partial charge < -0.3 is 11.1 Å². The Balaban J connectivity index is 2.11. The van der Waals surface area contributed by atoms with Gasteiger partial charge in [-0.05, 0) is 17.7 Å². The van der Waals surface area contributed by atoms with E-state index < -0.39 is 6.04 Å². The summed E-state index contributed by atoms with van der Waals surface area (Å²) in [6, 6.07) is 7.47. The van der Waals surface area contributed by atoms with Crippen LogP contribution in [0, 0.1) is 17.1 Å². The zero-order valence-electron chi connectivity index (χ0n) is 9.71. The molecule has 3 N–H and O–H groups in total. The van der Waals surface area contributed by atoms with Crippen molar-refractivity contribution in [2.24, 2.45) is 5.73 Å². The maximum absolute atomic E-state index is 13.0. The molecule has 0 fully saturated rings. The maximum Gasteiger partial charge on any atom is 0.228 e. The number of aromatic nitrogens is 3. The van der Waals surface area contributed by atoms with Crippen molar-refractivity contribution in [1.29, 1.82) is 5.26 Å². The first kappa shape index (κ1) is 11.2. The van der Waals surface area contributed by atoms with Gasteiger partial charge in [0.25, 0.3) is 0 Å². The van der Waals surface area contributed by atoms with Gasteiger partial charge in [-0.15, -0.1) is 0 Å². The van der Waals surface area contributed by atoms with Crippen molar-refractivity contribution < 1.29 is 4.39 Å². The molecule has 2 heterocycles. The third-order valence-electron chi connectivity index (χ3n) is 2.94. The number of nitrogens with zero attached hydrogens (tertiary/aromatic N) is 4. The Morgan fingerprint density at radius 3 is 2.79 bits per heavy atom. The van der Waals surface area contributed by atoms with Crippen molar-refractivity contribution >= 4 is 11.8 Å². The van der Waals surface area contributed by atoms with E-state index in [1.165, 1.54) is 23.1 Å². The average molecular weight is 256 g/mol. The standard InChI is InChI=1S/C12H9FN6/c13-8-3-1-7(2-4-8)10-9(5-14)11(15)19-12(18-10)16-6-17-19/h1-4,6,10H,15H2,(H,16,17,18). The van der Waals surface area contributed by atoms with E-state index >= 15 is 0 Å². The van der Waals surface area contributed by atoms with Crippen molar-refractivity contribution in [3.8, 4) is 6.07 Å². The monoisotopic (exact) mass is 256 g/mol. The molecule has 1 atom stereocenters. The maximum atomic E-state index is 13.0. The van der Waals surface area contributed by atoms with Crippen LogP contribution in [0.4, 0.5) is 10.3 Å². The first-order chi connectivity index (χ1) is 9.20. The minimum absolute atomic E-state index is 0.225. The lowest BCUT2D eigenvalue weighted by Crippen LogP contribution is -2.27. The summed E-state index contributed by atoms with van der Waals surface area (Å²) >= 11 is 0. The quantitative estimate of drug-likeness (QED) is 0.800. The van der Waals surface area contributed by atoms with Crippen LogP contribution < -0.4 is 11.1 Å². The molecule has 0 amide bonds. The molecule has 0 radical (unpaired) electrons. The molecule has 0 saturated heterocycles. The summed E-state index contributed by atoms with van der Waals surface area (Å²) in [6.07, 6.45) is 1.34. The van der Waals surface area contributed by atoms with Gasteiger partial charge in [-0.2, -0.15) is 20.0 Å². The number of hydrogen-bond acceptors (Lipinski definition) is 5. The summed E-state index contributed by atoms with van der Waals surface area (Å²) in [5.41, 5.74) is 6.96. The number of nitriles is 1. The Morgan fingerprint density at radius 1 is 1.37 bits per heavy atom. The number of anilines is 1. The van der Waals surface area contributed by atoms with Crippen LogP contribution in [0.5, 0.6) is 0 Å². The van der Waals surface area contributed by atoms with Gasteiger partial charge in [0.15, 0.2) is 0 Å². The molecule has 1 aliphatic rings. The van der Waals surface area contributed by atoms with Crippen LogP contribution in [0.2, 0.25) is 0 Å². The highest BCUT2D eigenvalue weighted by atomic mass is 19.1. The number of nitrogens with one attached hydrogen (secondary N) is 1. The zero-order valence-corrected chi connectivity index (χ0v) is 9.71. The van der Waals surface area contributed by atoms with E-state index in [1.54, 1.807) is 12.1 Å². The van der Waals surface area contributed by atoms with Crippen LogP contribution in [0.25, 0.3) is 5.82 Å². The SMILES string of the molecule is N#CC1=C(N)n2ncnc2NC1c1ccc(F)cc1. The van der Waals surface area contributed by atoms with Crippen LogP contribution >= 0.6 is 0 Å². The molecule has 1 unspecified atom stereocenters. The second kappa shape index (κ2) is 4.10. The van der Waals surface area contributed by atoms with Crippen LogP contribution in [0.3, 0.4) is 0 Å². The van der Waals surface area contributed by atoms with Crippen LogP contribution in [-0.4, -0.2) is 14.8 Å². The largest absolute Gasteiger partial charge is 0.383 e. The van der Waals surface area contributed by atoms with Crippen molar-refractivity contribution in [1.82, 2.24) is 14.8 Å². The second-order valence-electron chi connectivity index (χ2n) is 4.04. The molecule has 7 heteroatoms. The summed E-state index contributed by atoms with van der Waals surface area (Å²) in [7, 11) is 0. The van der Waals surface area contributed by atoms with Crippen LogP contribution in [-0.2, 0) is 0 Å². The molecule has 0 aliphatic carbocycles. The molecule has 0 spiro atoms. The van der Waals surface area contributed by atoms with Gasteiger partial charge in [0.05, 0.1) is 11.6 Å². The minimum Gasteiger partial charge on any atom is -0.383 e. The van der Waals surface area contributed by atoms with Crippen molar-refractivity contribution in [3.63, 3.8) is 0 Å². The topological polar surface area (TPSA) is 92.5 Å². The van der Waals surface area contributed by atoms with Crippen molar-refractivity contribution in [2.45, 2.75) is 6.04 Å². The highest BCUT2D eigenvalue weighted by molar-refractivity contribution is 5.65. The fourth-order valence-corrected chi connectivity index (χ4v) is 2.01. The summed E-state index contributed by atoms with van der Waals surface area (Å²) in [4.78, 5) is 4.01. The third kappa shape index (κ3) is 1.70. The summed E-state index contributed by atoms with van der Waals surface area (Å²) < 4.78 is 14.3. The predicted octanol–water partition coefficient (Wildman–Crippen LogP) is 1.23. The Morgan fingerprint density at radius 2 is 2.11 bits per heavy atom. The van der Waals surface area contributed by atoms with E-state index in [4.69, 9.17) is 5.73 Å². The van der Waals surface area contributed by atoms with E-state index in [1.807, 2.05) is 0 Å². The number of rotatable bonds is 1. The second-order valence-corrected chi connectivity index (χ2v) is 4.04. The van der Waals surface area contributed by atoms with Gasteiger partial charge in [0.2, 0.25) is 5.95 Å². The van der Waals surface area contributed by atoms with Gasteiger partial charge in [-0.1, -0.05) is 12.1 Å². The lowest BCUT2D eigenvalue weighted by Gasteiger charge is -2.25. The molecule has 0 saturated carbocycles. The Bertz CT molecular complexity index is 694. The lowest BCUT2D eigenvalue weighted by atomic mass is 9.98. The Labute approximate surface area is 108 Å². The molecule has 19 heavy (non-hydrogen) atoms. The van der Waals surface area contributed by atoms with E-state index in [0.717, 1.165) is 5.56 Å². The average Bonchev–Trinajstić information content (AvgIpc) is 2.88. The molecular formula is C12H9FN6. The summed E-state index contributed by atoms with van der Waals surface area (Å²) in [5, 5.41) is 16.2. The smallest absolute Gasteiger partial charge is 0.228 e. The first-order valence-corrected chi connectivity index (χ1v) is 5.53. The predicted molar refractivity (Wildman–Crippen MR) is 65.8 cm³/mol. The molecule has 0 bridgehead atoms. The Hall–Kier alpha value is -2.88. The van der Waals surface area contributed by atoms with Crippen LogP contribution in [0.1, 0.15) is 11.6 Å². The van der Waals surface area contributed by atoms with Crippen molar-refractivity contribution in [3.05, 3.63) is 47.5 Å². The number of fused-ring (bicyclic) bond motifs is 1. The van der Waals surface area contributed by atoms with Gasteiger partial charge in [0, 0.05) is 0 Å². The number of benzene rings is 1. The molecule has 1 aromatic carbocycles. The fourth-order valence-electron chi connectivity index (χ4n) is 2.01. The van der Waals surface area contributed by atoms with Gasteiger partial charge in [0.1, 0.15) is 24.0 Å². The molecule has 2 aromatic rings. The van der Waals surface area contributed by atoms with Crippen molar-refractivity contribution in [2.75, 3.05) is 5.32 Å². The highest BCUT2D eigenvalue weighted by Crippen LogP contribution is 2.32. The first-order valence-electron chi connectivity index (χ1n) is 5.53. The number of hydrogen-bond donors (Lipinski definition) is 2. The molecule has 3 rings (SSSR count). The van der Waals surface area contributed by atoms with E-state index in [2.05, 4.69) is 21.5 Å². The fraction of sp³-hybridized carbons (Fsp3) is 0.0833. The molecular weight excluding hydrogens is 247 g/mol. The minimum atomic E-state index is -0.456. The number of nitrogens with two attached hydrogens (primary N) is 1.